The van der Waals surface area contributed by atoms with Gasteiger partial charge in [0.2, 0.25) is 0 Å². The average Bonchev–Trinajstić information content (AvgIpc) is 2.42. The van der Waals surface area contributed by atoms with Crippen molar-refractivity contribution in [1.29, 1.82) is 0 Å². The van der Waals surface area contributed by atoms with Crippen molar-refractivity contribution in [2.75, 3.05) is 0 Å². The Kier molecular flexibility index (Phi) is 9.09. The van der Waals surface area contributed by atoms with Gasteiger partial charge < -0.3 is 12.5 Å². The van der Waals surface area contributed by atoms with Gasteiger partial charge in [-0.1, -0.05) is 6.07 Å². The molecule has 2 rings (SSSR count). The van der Waals surface area contributed by atoms with Gasteiger partial charge in [-0.15, -0.1) is 0 Å². The molecule has 2 aromatic rings. The number of benzene rings is 1. The van der Waals surface area contributed by atoms with Gasteiger partial charge >= 0.3 is 27.2 Å². The summed E-state index contributed by atoms with van der Waals surface area (Å²) in [7, 11) is 4.67. The fourth-order valence-corrected chi connectivity index (χ4v) is 1.13. The first-order chi connectivity index (χ1) is 8.34. The number of phenols is 1. The van der Waals surface area contributed by atoms with Crippen molar-refractivity contribution in [1.82, 2.24) is 4.98 Å². The van der Waals surface area contributed by atoms with E-state index in [0.29, 0.717) is 0 Å². The monoisotopic (exact) mass is 440 g/mol. The zero-order chi connectivity index (χ0) is 12.5. The van der Waals surface area contributed by atoms with Crippen molar-refractivity contribution in [2.45, 2.75) is 0 Å². The predicted molar refractivity (Wildman–Crippen MR) is 71.9 cm³/mol. The van der Waals surface area contributed by atoms with Crippen LogP contribution in [0.3, 0.4) is 0 Å². The molecule has 0 spiro atoms. The molecule has 1 heterocycles. The van der Waals surface area contributed by atoms with Crippen molar-refractivity contribution in [2.24, 2.45) is 4.99 Å². The number of hydrogen-bond acceptors (Lipinski definition) is 3. The number of rotatable bonds is 2. The Hall–Kier alpha value is -1.23. The first kappa shape index (κ1) is 16.8. The van der Waals surface area contributed by atoms with E-state index < -0.39 is 0 Å². The Morgan fingerprint density at radius 3 is 2.33 bits per heavy atom. The second kappa shape index (κ2) is 9.76. The van der Waals surface area contributed by atoms with Crippen LogP contribution in [0.25, 0.3) is 0 Å². The molecule has 0 aliphatic carbocycles. The van der Waals surface area contributed by atoms with Crippen LogP contribution in [0.15, 0.2) is 53.7 Å². The van der Waals surface area contributed by atoms with Crippen molar-refractivity contribution >= 4 is 21.5 Å². The molecule has 0 radical (unpaired) electrons. The van der Waals surface area contributed by atoms with Gasteiger partial charge in [0.15, 0.2) is 0 Å². The van der Waals surface area contributed by atoms with Crippen LogP contribution in [0, 0.1) is 7.43 Å². The van der Waals surface area contributed by atoms with E-state index in [4.69, 9.17) is 5.11 Å². The van der Waals surface area contributed by atoms with Gasteiger partial charge in [-0.3, -0.25) is 9.98 Å². The molecule has 0 saturated carbocycles. The summed E-state index contributed by atoms with van der Waals surface area (Å²) in [5, 5.41) is 9.08. The molecule has 97 valence electrons. The Morgan fingerprint density at radius 1 is 1.11 bits per heavy atom. The molecule has 0 aliphatic rings. The second-order valence-electron chi connectivity index (χ2n) is 3.03. The maximum absolute atomic E-state index is 9.08. The first-order valence-electron chi connectivity index (χ1n) is 4.72. The average molecular weight is 439 g/mol. The van der Waals surface area contributed by atoms with E-state index in [-0.39, 0.29) is 13.2 Å². The minimum absolute atomic E-state index is 0. The minimum atomic E-state index is 0. The van der Waals surface area contributed by atoms with Crippen LogP contribution in [-0.4, -0.2) is 16.3 Å². The number of aromatic nitrogens is 1. The number of nitrogens with zero attached hydrogens (tertiary/aromatic N) is 2. The molecular weight excluding hydrogens is 426 g/mol. The van der Waals surface area contributed by atoms with Crippen molar-refractivity contribution in [3.8, 4) is 5.75 Å². The fourth-order valence-electron chi connectivity index (χ4n) is 1.13. The van der Waals surface area contributed by atoms with Crippen LogP contribution < -0.4 is 0 Å². The molecule has 0 amide bonds. The van der Waals surface area contributed by atoms with Gasteiger partial charge in [0.05, 0.1) is 17.6 Å². The van der Waals surface area contributed by atoms with E-state index in [9.17, 15) is 0 Å². The predicted octanol–water partition coefficient (Wildman–Crippen LogP) is 3.68. The quantitative estimate of drug-likeness (QED) is 0.574. The van der Waals surface area contributed by atoms with E-state index >= 15 is 0 Å². The van der Waals surface area contributed by atoms with Crippen LogP contribution in [0.4, 0.5) is 5.69 Å². The van der Waals surface area contributed by atoms with Crippen molar-refractivity contribution < 1.29 is 22.7 Å². The van der Waals surface area contributed by atoms with Gasteiger partial charge in [-0.2, -0.15) is 0 Å². The molecule has 0 aliphatic heterocycles. The summed E-state index contributed by atoms with van der Waals surface area (Å²) in [4.78, 5) is 8.33. The molecule has 18 heavy (non-hydrogen) atoms. The van der Waals surface area contributed by atoms with Crippen LogP contribution in [0.2, 0.25) is 0 Å². The molecule has 5 heteroatoms. The summed E-state index contributed by atoms with van der Waals surface area (Å²) in [5.41, 5.74) is 1.60. The molecule has 0 atom stereocenters. The van der Waals surface area contributed by atoms with Gasteiger partial charge in [0.25, 0.3) is 0 Å². The molecule has 3 nitrogen and oxygen atoms in total. The summed E-state index contributed by atoms with van der Waals surface area (Å²) >= 11 is 1.33. The molecule has 1 aromatic heterocycles. The molecule has 1 N–H and O–H groups in total. The first-order valence-corrected chi connectivity index (χ1v) is 7.87. The number of phenolic OH excluding ortho intramolecular Hbond substituents is 1. The Bertz CT molecular complexity index is 460. The number of aromatic hydroxyl groups is 1. The fraction of sp³-hybridized carbons (Fsp3) is 0. The van der Waals surface area contributed by atoms with Crippen molar-refractivity contribution in [3.05, 3.63) is 61.8 Å². The SMILES string of the molecule is Oc1ccc(N=Cc2ccccn2)cc1.[CH3-].[Cl][Os]. The molecule has 0 saturated heterocycles. The number of aliphatic imine (C=N–C) groups is 1. The second-order valence-corrected chi connectivity index (χ2v) is 3.03. The van der Waals surface area contributed by atoms with E-state index in [0.717, 1.165) is 11.4 Å². The van der Waals surface area contributed by atoms with E-state index in [1.807, 2.05) is 18.2 Å². The summed E-state index contributed by atoms with van der Waals surface area (Å²) in [6, 6.07) is 12.3. The molecular formula is C13H13ClN2OOs-. The third-order valence-corrected chi connectivity index (χ3v) is 1.88. The summed E-state index contributed by atoms with van der Waals surface area (Å²) in [6.07, 6.45) is 3.41. The van der Waals surface area contributed by atoms with Crippen LogP contribution >= 0.6 is 9.64 Å². The normalized spacial score (nSPS) is 9.22. The summed E-state index contributed by atoms with van der Waals surface area (Å²) in [5.74, 6) is 0.242. The number of hydrogen-bond donors (Lipinski definition) is 1. The van der Waals surface area contributed by atoms with Crippen LogP contribution in [0.5, 0.6) is 5.75 Å². The topological polar surface area (TPSA) is 45.5 Å². The van der Waals surface area contributed by atoms with Gasteiger partial charge in [0.1, 0.15) is 5.75 Å². The van der Waals surface area contributed by atoms with Crippen LogP contribution in [0.1, 0.15) is 5.69 Å². The molecule has 0 unspecified atom stereocenters. The zero-order valence-corrected chi connectivity index (χ0v) is 13.1. The van der Waals surface area contributed by atoms with E-state index in [1.54, 1.807) is 36.7 Å². The number of pyridine rings is 1. The van der Waals surface area contributed by atoms with E-state index in [1.165, 1.54) is 17.6 Å². The third kappa shape index (κ3) is 5.91. The Balaban J connectivity index is 0.000000917. The number of halogens is 1. The third-order valence-electron chi connectivity index (χ3n) is 1.88. The molecule has 0 bridgehead atoms. The van der Waals surface area contributed by atoms with Gasteiger partial charge in [0, 0.05) is 6.20 Å². The Labute approximate surface area is 122 Å². The van der Waals surface area contributed by atoms with E-state index in [2.05, 4.69) is 19.6 Å². The summed E-state index contributed by atoms with van der Waals surface area (Å²) in [6.45, 7) is 0. The van der Waals surface area contributed by atoms with Gasteiger partial charge in [-0.05, 0) is 36.4 Å². The van der Waals surface area contributed by atoms with Crippen molar-refractivity contribution in [3.63, 3.8) is 0 Å². The maximum atomic E-state index is 9.08. The zero-order valence-electron chi connectivity index (χ0n) is 9.77. The summed E-state index contributed by atoms with van der Waals surface area (Å²) < 4.78 is 0. The van der Waals surface area contributed by atoms with Gasteiger partial charge in [-0.25, -0.2) is 0 Å². The standard InChI is InChI=1S/C12H10N2O.CH3.ClH.Os/c15-12-6-4-10(5-7-12)14-9-11-3-1-2-8-13-11;;;/h1-9,15H;1H3;1H;/q;-1;;+1/p-1. The molecule has 0 fully saturated rings. The van der Waals surface area contributed by atoms with Crippen LogP contribution in [-0.2, 0) is 17.6 Å². The Morgan fingerprint density at radius 2 is 1.78 bits per heavy atom. The molecule has 1 aromatic carbocycles.